The predicted octanol–water partition coefficient (Wildman–Crippen LogP) is 1.64. The standard InChI is InChI=1S/C8H13N3.C2HF3O2/c1-2-6-10(7-3-1)11-8-4-5-9-11;3-2(4,5)1(6)7/h4-5,8H,1-3,6-7H2;(H,6,7). The highest BCUT2D eigenvalue weighted by atomic mass is 19.4. The average molecular weight is 265 g/mol. The number of carbonyl (C=O) groups is 1. The van der Waals surface area contributed by atoms with Crippen LogP contribution in [0.5, 0.6) is 0 Å². The van der Waals surface area contributed by atoms with Crippen molar-refractivity contribution < 1.29 is 23.1 Å². The number of aromatic nitrogens is 2. The van der Waals surface area contributed by atoms with E-state index in [4.69, 9.17) is 9.90 Å². The molecule has 1 aliphatic rings. The molecule has 102 valence electrons. The number of hydrogen-bond donors (Lipinski definition) is 1. The molecule has 1 aromatic heterocycles. The van der Waals surface area contributed by atoms with Crippen LogP contribution in [-0.2, 0) is 4.79 Å². The van der Waals surface area contributed by atoms with E-state index in [0.29, 0.717) is 0 Å². The van der Waals surface area contributed by atoms with Gasteiger partial charge in [-0.1, -0.05) is 0 Å². The van der Waals surface area contributed by atoms with Crippen LogP contribution in [0.4, 0.5) is 13.2 Å². The van der Waals surface area contributed by atoms with Crippen LogP contribution >= 0.6 is 0 Å². The second kappa shape index (κ2) is 6.27. The molecule has 0 aromatic carbocycles. The van der Waals surface area contributed by atoms with Gasteiger partial charge in [-0.05, 0) is 25.3 Å². The van der Waals surface area contributed by atoms with Crippen LogP contribution in [0, 0.1) is 0 Å². The summed E-state index contributed by atoms with van der Waals surface area (Å²) in [6.45, 7) is 2.31. The van der Waals surface area contributed by atoms with Crippen LogP contribution < -0.4 is 5.01 Å². The topological polar surface area (TPSA) is 58.4 Å². The first-order valence-corrected chi connectivity index (χ1v) is 5.46. The highest BCUT2D eigenvalue weighted by Gasteiger charge is 2.38. The Morgan fingerprint density at radius 3 is 2.17 bits per heavy atom. The van der Waals surface area contributed by atoms with Gasteiger partial charge < -0.3 is 5.11 Å². The Kier molecular flexibility index (Phi) is 4.99. The fraction of sp³-hybridized carbons (Fsp3) is 0.600. The number of alkyl halides is 3. The van der Waals surface area contributed by atoms with Gasteiger partial charge in [-0.3, -0.25) is 5.01 Å². The summed E-state index contributed by atoms with van der Waals surface area (Å²) in [7, 11) is 0. The van der Waals surface area contributed by atoms with Crippen molar-refractivity contribution in [2.75, 3.05) is 18.1 Å². The summed E-state index contributed by atoms with van der Waals surface area (Å²) >= 11 is 0. The molecule has 0 radical (unpaired) electrons. The summed E-state index contributed by atoms with van der Waals surface area (Å²) in [6, 6.07) is 1.97. The summed E-state index contributed by atoms with van der Waals surface area (Å²) in [6.07, 6.45) is 2.73. The number of hydrogen-bond acceptors (Lipinski definition) is 3. The molecule has 0 bridgehead atoms. The molecular weight excluding hydrogens is 251 g/mol. The summed E-state index contributed by atoms with van der Waals surface area (Å²) in [4.78, 5) is 10.8. The highest BCUT2D eigenvalue weighted by Crippen LogP contribution is 2.13. The van der Waals surface area contributed by atoms with Crippen LogP contribution in [0.1, 0.15) is 19.3 Å². The van der Waals surface area contributed by atoms with Crippen LogP contribution in [0.3, 0.4) is 0 Å². The Morgan fingerprint density at radius 2 is 1.78 bits per heavy atom. The smallest absolute Gasteiger partial charge is 0.475 e. The fourth-order valence-corrected chi connectivity index (χ4v) is 1.51. The van der Waals surface area contributed by atoms with Gasteiger partial charge >= 0.3 is 12.1 Å². The zero-order valence-corrected chi connectivity index (χ0v) is 9.60. The summed E-state index contributed by atoms with van der Waals surface area (Å²) in [5.74, 6) is -2.76. The molecule has 1 aromatic rings. The minimum absolute atomic E-state index is 1.15. The number of aliphatic carboxylic acids is 1. The Morgan fingerprint density at radius 1 is 1.22 bits per heavy atom. The molecule has 2 heterocycles. The van der Waals surface area contributed by atoms with Crippen molar-refractivity contribution in [3.8, 4) is 0 Å². The van der Waals surface area contributed by atoms with Gasteiger partial charge in [0.05, 0.1) is 6.20 Å². The van der Waals surface area contributed by atoms with Gasteiger partial charge in [0.1, 0.15) is 0 Å². The van der Waals surface area contributed by atoms with Crippen LogP contribution in [-0.4, -0.2) is 40.2 Å². The molecule has 0 spiro atoms. The van der Waals surface area contributed by atoms with Gasteiger partial charge in [0.25, 0.3) is 0 Å². The molecule has 2 rings (SSSR count). The average Bonchev–Trinajstić information content (AvgIpc) is 2.83. The molecule has 0 aliphatic carbocycles. The molecular formula is C10H14F3N3O2. The van der Waals surface area contributed by atoms with Crippen LogP contribution in [0.2, 0.25) is 0 Å². The summed E-state index contributed by atoms with van der Waals surface area (Å²) in [5, 5.41) is 13.6. The highest BCUT2D eigenvalue weighted by molar-refractivity contribution is 5.73. The van der Waals surface area contributed by atoms with E-state index >= 15 is 0 Å². The van der Waals surface area contributed by atoms with E-state index in [0.717, 1.165) is 13.1 Å². The maximum atomic E-state index is 10.6. The first-order valence-electron chi connectivity index (χ1n) is 5.46. The van der Waals surface area contributed by atoms with E-state index in [1.165, 1.54) is 19.3 Å². The van der Waals surface area contributed by atoms with Crippen molar-refractivity contribution in [3.05, 3.63) is 18.5 Å². The first kappa shape index (κ1) is 14.3. The van der Waals surface area contributed by atoms with Crippen molar-refractivity contribution >= 4 is 5.97 Å². The zero-order chi connectivity index (χ0) is 13.6. The molecule has 0 unspecified atom stereocenters. The molecule has 0 saturated carbocycles. The second-order valence-corrected chi connectivity index (χ2v) is 3.74. The number of piperidine rings is 1. The normalized spacial score (nSPS) is 15.8. The third kappa shape index (κ3) is 4.64. The number of nitrogens with zero attached hydrogens (tertiary/aromatic N) is 3. The van der Waals surface area contributed by atoms with E-state index in [9.17, 15) is 13.2 Å². The number of halogens is 3. The van der Waals surface area contributed by atoms with Crippen LogP contribution in [0.25, 0.3) is 0 Å². The maximum absolute atomic E-state index is 10.6. The third-order valence-corrected chi connectivity index (χ3v) is 2.36. The number of carboxylic acid groups (broad SMARTS) is 1. The maximum Gasteiger partial charge on any atom is 0.490 e. The lowest BCUT2D eigenvalue weighted by Crippen LogP contribution is -2.39. The van der Waals surface area contributed by atoms with Gasteiger partial charge in [-0.25, -0.2) is 4.79 Å². The van der Waals surface area contributed by atoms with Crippen molar-refractivity contribution in [1.82, 2.24) is 9.89 Å². The van der Waals surface area contributed by atoms with E-state index in [-0.39, 0.29) is 0 Å². The molecule has 1 aliphatic heterocycles. The van der Waals surface area contributed by atoms with Crippen molar-refractivity contribution in [2.45, 2.75) is 25.4 Å². The van der Waals surface area contributed by atoms with E-state index in [2.05, 4.69) is 10.1 Å². The molecule has 1 N–H and O–H groups in total. The number of rotatable bonds is 1. The third-order valence-electron chi connectivity index (χ3n) is 2.36. The minimum Gasteiger partial charge on any atom is -0.475 e. The quantitative estimate of drug-likeness (QED) is 0.838. The Bertz CT molecular complexity index is 359. The molecule has 1 fully saturated rings. The van der Waals surface area contributed by atoms with Gasteiger partial charge in [-0.2, -0.15) is 23.1 Å². The monoisotopic (exact) mass is 265 g/mol. The van der Waals surface area contributed by atoms with Crippen molar-refractivity contribution in [3.63, 3.8) is 0 Å². The van der Waals surface area contributed by atoms with Gasteiger partial charge in [0, 0.05) is 19.3 Å². The molecule has 8 heteroatoms. The molecule has 1 saturated heterocycles. The minimum atomic E-state index is -5.08. The predicted molar refractivity (Wildman–Crippen MR) is 57.7 cm³/mol. The Labute approximate surface area is 102 Å². The van der Waals surface area contributed by atoms with Crippen molar-refractivity contribution in [1.29, 1.82) is 0 Å². The molecule has 5 nitrogen and oxygen atoms in total. The molecule has 18 heavy (non-hydrogen) atoms. The van der Waals surface area contributed by atoms with E-state index in [1.54, 1.807) is 0 Å². The van der Waals surface area contributed by atoms with Crippen LogP contribution in [0.15, 0.2) is 18.5 Å². The SMILES string of the molecule is O=C(O)C(F)(F)F.c1cnn(N2CCCCC2)c1. The van der Waals surface area contributed by atoms with Gasteiger partial charge in [0.15, 0.2) is 0 Å². The van der Waals surface area contributed by atoms with Crippen molar-refractivity contribution in [2.24, 2.45) is 0 Å². The lowest BCUT2D eigenvalue weighted by Gasteiger charge is -2.27. The largest absolute Gasteiger partial charge is 0.490 e. The van der Waals surface area contributed by atoms with Gasteiger partial charge in [-0.15, -0.1) is 0 Å². The summed E-state index contributed by atoms with van der Waals surface area (Å²) < 4.78 is 31.7. The Balaban J connectivity index is 0.000000203. The van der Waals surface area contributed by atoms with Gasteiger partial charge in [0.2, 0.25) is 0 Å². The molecule has 0 amide bonds. The number of carboxylic acids is 1. The lowest BCUT2D eigenvalue weighted by atomic mass is 10.2. The molecule has 0 atom stereocenters. The second-order valence-electron chi connectivity index (χ2n) is 3.74. The Hall–Kier alpha value is -1.73. The first-order chi connectivity index (χ1) is 8.41. The summed E-state index contributed by atoms with van der Waals surface area (Å²) in [5.41, 5.74) is 0. The zero-order valence-electron chi connectivity index (χ0n) is 9.60. The van der Waals surface area contributed by atoms with E-state index in [1.807, 2.05) is 23.3 Å². The van der Waals surface area contributed by atoms with E-state index < -0.39 is 12.1 Å². The lowest BCUT2D eigenvalue weighted by molar-refractivity contribution is -0.192. The fourth-order valence-electron chi connectivity index (χ4n) is 1.51.